The lowest BCUT2D eigenvalue weighted by atomic mass is 10.00. The standard InChI is InChI=1S/C20H30Si2/c1-15-13-18(20(14-16(15)2)22(6,7)8)17-11-9-10-12-19(17)21(3,4)5/h9-14H,1-8H3. The molecule has 0 aliphatic heterocycles. The highest BCUT2D eigenvalue weighted by Gasteiger charge is 2.26. The first-order valence-corrected chi connectivity index (χ1v) is 15.2. The van der Waals surface area contributed by atoms with Crippen LogP contribution in [0.4, 0.5) is 0 Å². The highest BCUT2D eigenvalue weighted by molar-refractivity contribution is 6.91. The van der Waals surface area contributed by atoms with E-state index in [2.05, 4.69) is 89.5 Å². The first kappa shape index (κ1) is 17.2. The summed E-state index contributed by atoms with van der Waals surface area (Å²) in [5.74, 6) is 0. The van der Waals surface area contributed by atoms with E-state index in [4.69, 9.17) is 0 Å². The molecular weight excluding hydrogens is 296 g/mol. The maximum absolute atomic E-state index is 2.46. The van der Waals surface area contributed by atoms with E-state index >= 15 is 0 Å². The fourth-order valence-electron chi connectivity index (χ4n) is 3.03. The zero-order valence-electron chi connectivity index (χ0n) is 15.5. The Balaban J connectivity index is 2.82. The third-order valence-electron chi connectivity index (χ3n) is 4.47. The molecular formula is C20H30Si2. The molecule has 0 bridgehead atoms. The maximum Gasteiger partial charge on any atom is 0.0784 e. The molecule has 0 radical (unpaired) electrons. The predicted molar refractivity (Wildman–Crippen MR) is 107 cm³/mol. The van der Waals surface area contributed by atoms with Crippen molar-refractivity contribution in [1.82, 2.24) is 0 Å². The van der Waals surface area contributed by atoms with Crippen LogP contribution in [0, 0.1) is 13.8 Å². The van der Waals surface area contributed by atoms with Crippen LogP contribution in [0.15, 0.2) is 36.4 Å². The lowest BCUT2D eigenvalue weighted by Crippen LogP contribution is -2.43. The zero-order chi connectivity index (χ0) is 16.7. The van der Waals surface area contributed by atoms with E-state index in [1.54, 1.807) is 10.4 Å². The van der Waals surface area contributed by atoms with E-state index in [-0.39, 0.29) is 0 Å². The van der Waals surface area contributed by atoms with Crippen molar-refractivity contribution in [1.29, 1.82) is 0 Å². The fourth-order valence-corrected chi connectivity index (χ4v) is 6.32. The molecule has 0 N–H and O–H groups in total. The SMILES string of the molecule is Cc1cc(-c2ccccc2[Si](C)(C)C)c([Si](C)(C)C)cc1C. The normalized spacial score (nSPS) is 12.5. The summed E-state index contributed by atoms with van der Waals surface area (Å²) in [4.78, 5) is 0. The molecule has 0 unspecified atom stereocenters. The van der Waals surface area contributed by atoms with Gasteiger partial charge in [0.25, 0.3) is 0 Å². The third kappa shape index (κ3) is 3.44. The molecule has 0 saturated heterocycles. The first-order valence-electron chi connectivity index (χ1n) is 8.23. The molecule has 2 heteroatoms. The van der Waals surface area contributed by atoms with Crippen LogP contribution in [0.2, 0.25) is 39.3 Å². The first-order chi connectivity index (χ1) is 10.0. The van der Waals surface area contributed by atoms with Gasteiger partial charge in [-0.1, -0.05) is 86.1 Å². The second-order valence-electron chi connectivity index (χ2n) is 8.53. The van der Waals surface area contributed by atoms with Gasteiger partial charge in [0.2, 0.25) is 0 Å². The molecule has 0 saturated carbocycles. The van der Waals surface area contributed by atoms with Gasteiger partial charge in [0.15, 0.2) is 0 Å². The summed E-state index contributed by atoms with van der Waals surface area (Å²) in [5, 5.41) is 3.18. The van der Waals surface area contributed by atoms with Crippen molar-refractivity contribution in [2.45, 2.75) is 53.1 Å². The van der Waals surface area contributed by atoms with Crippen LogP contribution in [0.5, 0.6) is 0 Å². The lowest BCUT2D eigenvalue weighted by molar-refractivity contribution is 1.35. The summed E-state index contributed by atoms with van der Waals surface area (Å²) in [6.07, 6.45) is 0. The number of hydrogen-bond acceptors (Lipinski definition) is 0. The van der Waals surface area contributed by atoms with Gasteiger partial charge in [0.1, 0.15) is 0 Å². The van der Waals surface area contributed by atoms with E-state index in [0.717, 1.165) is 0 Å². The number of aryl methyl sites for hydroxylation is 2. The van der Waals surface area contributed by atoms with Gasteiger partial charge in [0, 0.05) is 0 Å². The summed E-state index contributed by atoms with van der Waals surface area (Å²) in [6.45, 7) is 19.2. The van der Waals surface area contributed by atoms with Crippen LogP contribution in [0.1, 0.15) is 11.1 Å². The minimum Gasteiger partial charge on any atom is -0.0656 e. The Morgan fingerprint density at radius 2 is 1.09 bits per heavy atom. The molecule has 0 aromatic heterocycles. The van der Waals surface area contributed by atoms with Gasteiger partial charge >= 0.3 is 0 Å². The molecule has 22 heavy (non-hydrogen) atoms. The number of rotatable bonds is 3. The average Bonchev–Trinajstić information content (AvgIpc) is 2.39. The van der Waals surface area contributed by atoms with Crippen molar-refractivity contribution in [3.8, 4) is 11.1 Å². The van der Waals surface area contributed by atoms with Crippen molar-refractivity contribution in [3.63, 3.8) is 0 Å². The molecule has 0 amide bonds. The monoisotopic (exact) mass is 326 g/mol. The summed E-state index contributed by atoms with van der Waals surface area (Å²) in [5.41, 5.74) is 5.79. The molecule has 0 atom stereocenters. The second kappa shape index (κ2) is 5.82. The summed E-state index contributed by atoms with van der Waals surface area (Å²) in [7, 11) is -2.74. The minimum absolute atomic E-state index is 1.36. The van der Waals surface area contributed by atoms with Crippen LogP contribution in [-0.2, 0) is 0 Å². The molecule has 0 aliphatic carbocycles. The Hall–Kier alpha value is -1.13. The summed E-state index contributed by atoms with van der Waals surface area (Å²) < 4.78 is 0. The Morgan fingerprint density at radius 1 is 0.591 bits per heavy atom. The third-order valence-corrected chi connectivity index (χ3v) is 8.55. The van der Waals surface area contributed by atoms with Crippen LogP contribution in [-0.4, -0.2) is 16.1 Å². The van der Waals surface area contributed by atoms with Gasteiger partial charge in [-0.2, -0.15) is 0 Å². The summed E-state index contributed by atoms with van der Waals surface area (Å²) in [6, 6.07) is 14.0. The smallest absolute Gasteiger partial charge is 0.0656 e. The van der Waals surface area contributed by atoms with Crippen molar-refractivity contribution >= 4 is 26.5 Å². The molecule has 0 nitrogen and oxygen atoms in total. The highest BCUT2D eigenvalue weighted by Crippen LogP contribution is 2.24. The Labute approximate surface area is 138 Å². The van der Waals surface area contributed by atoms with Crippen molar-refractivity contribution in [3.05, 3.63) is 47.5 Å². The summed E-state index contributed by atoms with van der Waals surface area (Å²) >= 11 is 0. The van der Waals surface area contributed by atoms with Gasteiger partial charge < -0.3 is 0 Å². The highest BCUT2D eigenvalue weighted by atomic mass is 28.3. The molecule has 118 valence electrons. The van der Waals surface area contributed by atoms with Gasteiger partial charge in [-0.25, -0.2) is 0 Å². The average molecular weight is 327 g/mol. The largest absolute Gasteiger partial charge is 0.0784 e. The predicted octanol–water partition coefficient (Wildman–Crippen LogP) is 5.06. The Morgan fingerprint density at radius 3 is 1.64 bits per heavy atom. The van der Waals surface area contributed by atoms with Crippen LogP contribution < -0.4 is 10.4 Å². The van der Waals surface area contributed by atoms with Crippen molar-refractivity contribution < 1.29 is 0 Å². The molecule has 0 spiro atoms. The van der Waals surface area contributed by atoms with Crippen molar-refractivity contribution in [2.24, 2.45) is 0 Å². The molecule has 2 aromatic carbocycles. The maximum atomic E-state index is 2.46. The van der Waals surface area contributed by atoms with Gasteiger partial charge in [0.05, 0.1) is 16.1 Å². The van der Waals surface area contributed by atoms with Crippen LogP contribution >= 0.6 is 0 Å². The minimum atomic E-state index is -1.38. The van der Waals surface area contributed by atoms with Crippen LogP contribution in [0.3, 0.4) is 0 Å². The second-order valence-corrected chi connectivity index (χ2v) is 18.6. The lowest BCUT2D eigenvalue weighted by Gasteiger charge is -2.27. The van der Waals surface area contributed by atoms with Gasteiger partial charge in [-0.05, 0) is 36.1 Å². The molecule has 0 aliphatic rings. The Bertz CT molecular complexity index is 686. The number of benzene rings is 2. The van der Waals surface area contributed by atoms with Gasteiger partial charge in [-0.15, -0.1) is 0 Å². The van der Waals surface area contributed by atoms with Crippen LogP contribution in [0.25, 0.3) is 11.1 Å². The Kier molecular flexibility index (Phi) is 4.56. The van der Waals surface area contributed by atoms with E-state index in [1.807, 2.05) is 0 Å². The van der Waals surface area contributed by atoms with Gasteiger partial charge in [-0.3, -0.25) is 0 Å². The zero-order valence-corrected chi connectivity index (χ0v) is 17.5. The quantitative estimate of drug-likeness (QED) is 0.692. The fraction of sp³-hybridized carbons (Fsp3) is 0.400. The van der Waals surface area contributed by atoms with E-state index in [0.29, 0.717) is 0 Å². The molecule has 0 fully saturated rings. The van der Waals surface area contributed by atoms with E-state index in [9.17, 15) is 0 Å². The molecule has 2 rings (SSSR count). The topological polar surface area (TPSA) is 0 Å². The van der Waals surface area contributed by atoms with E-state index < -0.39 is 16.1 Å². The molecule has 2 aromatic rings. The van der Waals surface area contributed by atoms with E-state index in [1.165, 1.54) is 22.3 Å². The van der Waals surface area contributed by atoms with Crippen molar-refractivity contribution in [2.75, 3.05) is 0 Å². The molecule has 0 heterocycles. The number of hydrogen-bond donors (Lipinski definition) is 0.